The average Bonchev–Trinajstić information content (AvgIpc) is 3.16. The van der Waals surface area contributed by atoms with Crippen LogP contribution in [-0.2, 0) is 16.1 Å². The molecule has 1 heterocycles. The van der Waals surface area contributed by atoms with Crippen molar-refractivity contribution in [1.82, 2.24) is 10.3 Å². The largest absolute Gasteiger partial charge is 0.445 e. The normalized spacial score (nSPS) is 20.0. The maximum atomic E-state index is 13.1. The first kappa shape index (κ1) is 20.3. The van der Waals surface area contributed by atoms with Crippen molar-refractivity contribution in [3.05, 3.63) is 48.2 Å². The van der Waals surface area contributed by atoms with Crippen LogP contribution in [0.3, 0.4) is 0 Å². The van der Waals surface area contributed by atoms with Gasteiger partial charge in [-0.2, -0.15) is 0 Å². The number of amides is 2. The van der Waals surface area contributed by atoms with E-state index in [1.165, 1.54) is 12.6 Å². The van der Waals surface area contributed by atoms with Gasteiger partial charge in [0.05, 0.1) is 12.2 Å². The zero-order valence-electron chi connectivity index (χ0n) is 16.5. The number of ether oxygens (including phenoxy) is 1. The van der Waals surface area contributed by atoms with Crippen molar-refractivity contribution < 1.29 is 27.5 Å². The van der Waals surface area contributed by atoms with Gasteiger partial charge in [-0.05, 0) is 42.9 Å². The van der Waals surface area contributed by atoms with Crippen molar-refractivity contribution in [3.63, 3.8) is 0 Å². The summed E-state index contributed by atoms with van der Waals surface area (Å²) in [5, 5.41) is 5.55. The highest BCUT2D eigenvalue weighted by atomic mass is 19.3. The second-order valence-corrected chi connectivity index (χ2v) is 8.34. The van der Waals surface area contributed by atoms with Gasteiger partial charge in [-0.1, -0.05) is 12.1 Å². The lowest BCUT2D eigenvalue weighted by atomic mass is 9.50. The summed E-state index contributed by atoms with van der Waals surface area (Å²) in [7, 11) is 0. The van der Waals surface area contributed by atoms with Gasteiger partial charge < -0.3 is 14.5 Å². The first-order valence-electron chi connectivity index (χ1n) is 9.83. The number of hydrogen-bond acceptors (Lipinski definition) is 5. The standard InChI is InChI=1S/C21H23F2N3O4/c1-13(25-18(27)15-6-20(7-15)10-21(22,23)11-20)14-2-4-16(5-3-14)26-19(28)29-9-17-8-24-12-30-17/h2-5,8,12-13,15H,6-7,9-11H2,1H3,(H,25,27)(H,26,28). The molecule has 1 aromatic carbocycles. The highest BCUT2D eigenvalue weighted by Crippen LogP contribution is 2.64. The fourth-order valence-corrected chi connectivity index (χ4v) is 4.38. The minimum atomic E-state index is -2.55. The molecule has 2 N–H and O–H groups in total. The molecule has 7 nitrogen and oxygen atoms in total. The van der Waals surface area contributed by atoms with E-state index in [1.54, 1.807) is 24.3 Å². The van der Waals surface area contributed by atoms with Crippen LogP contribution < -0.4 is 10.6 Å². The summed E-state index contributed by atoms with van der Waals surface area (Å²) in [5.74, 6) is -2.40. The van der Waals surface area contributed by atoms with Crippen LogP contribution in [0.1, 0.15) is 50.0 Å². The van der Waals surface area contributed by atoms with Crippen LogP contribution in [0.15, 0.2) is 41.3 Å². The molecule has 0 saturated heterocycles. The number of rotatable bonds is 6. The lowest BCUT2D eigenvalue weighted by Gasteiger charge is -2.56. The van der Waals surface area contributed by atoms with Crippen molar-refractivity contribution in [2.75, 3.05) is 5.32 Å². The fraction of sp³-hybridized carbons (Fsp3) is 0.476. The van der Waals surface area contributed by atoms with E-state index < -0.39 is 12.0 Å². The van der Waals surface area contributed by atoms with Gasteiger partial charge in [0, 0.05) is 24.4 Å². The summed E-state index contributed by atoms with van der Waals surface area (Å²) >= 11 is 0. The molecule has 2 aliphatic carbocycles. The number of nitrogens with one attached hydrogen (secondary N) is 2. The predicted octanol–water partition coefficient (Wildman–Crippen LogP) is 4.43. The second-order valence-electron chi connectivity index (χ2n) is 8.34. The fourth-order valence-electron chi connectivity index (χ4n) is 4.38. The van der Waals surface area contributed by atoms with Gasteiger partial charge in [0.25, 0.3) is 0 Å². The summed E-state index contributed by atoms with van der Waals surface area (Å²) in [6.07, 6.45) is 3.00. The number of nitrogens with zero attached hydrogens (tertiary/aromatic N) is 1. The Kier molecular flexibility index (Phi) is 5.21. The van der Waals surface area contributed by atoms with Gasteiger partial charge in [0.15, 0.2) is 18.8 Å². The summed E-state index contributed by atoms with van der Waals surface area (Å²) in [5.41, 5.74) is 1.10. The maximum absolute atomic E-state index is 13.1. The van der Waals surface area contributed by atoms with Crippen molar-refractivity contribution in [2.24, 2.45) is 11.3 Å². The molecule has 2 saturated carbocycles. The third kappa shape index (κ3) is 4.44. The smallest absolute Gasteiger partial charge is 0.412 e. The average molecular weight is 419 g/mol. The van der Waals surface area contributed by atoms with Crippen LogP contribution in [0.5, 0.6) is 0 Å². The van der Waals surface area contributed by atoms with E-state index in [-0.39, 0.29) is 42.7 Å². The van der Waals surface area contributed by atoms with Crippen LogP contribution in [0, 0.1) is 11.3 Å². The number of halogens is 2. The number of anilines is 1. The third-order valence-electron chi connectivity index (χ3n) is 5.84. The molecule has 30 heavy (non-hydrogen) atoms. The van der Waals surface area contributed by atoms with Crippen LogP contribution in [0.2, 0.25) is 0 Å². The van der Waals surface area contributed by atoms with Crippen LogP contribution in [0.4, 0.5) is 19.3 Å². The first-order valence-corrected chi connectivity index (χ1v) is 9.83. The van der Waals surface area contributed by atoms with E-state index in [2.05, 4.69) is 15.6 Å². The Bertz CT molecular complexity index is 899. The Hall–Kier alpha value is -2.97. The monoisotopic (exact) mass is 419 g/mol. The van der Waals surface area contributed by atoms with E-state index in [9.17, 15) is 18.4 Å². The van der Waals surface area contributed by atoms with E-state index in [1.807, 2.05) is 6.92 Å². The van der Waals surface area contributed by atoms with Gasteiger partial charge in [-0.3, -0.25) is 10.1 Å². The lowest BCUT2D eigenvalue weighted by Crippen LogP contribution is -2.56. The minimum absolute atomic E-state index is 0.0208. The van der Waals surface area contributed by atoms with Gasteiger partial charge in [-0.15, -0.1) is 0 Å². The van der Waals surface area contributed by atoms with E-state index >= 15 is 0 Å². The molecule has 0 radical (unpaired) electrons. The Labute approximate surface area is 172 Å². The molecule has 0 aliphatic heterocycles. The summed E-state index contributed by atoms with van der Waals surface area (Å²) in [6, 6.07) is 6.78. The summed E-state index contributed by atoms with van der Waals surface area (Å²) < 4.78 is 36.2. The molecular formula is C21H23F2N3O4. The second kappa shape index (κ2) is 7.70. The zero-order valence-corrected chi connectivity index (χ0v) is 16.5. The summed E-state index contributed by atoms with van der Waals surface area (Å²) in [4.78, 5) is 27.9. The number of alkyl halides is 2. The molecule has 1 unspecified atom stereocenters. The number of oxazole rings is 1. The highest BCUT2D eigenvalue weighted by Gasteiger charge is 2.62. The molecule has 1 spiro atoms. The van der Waals surface area contributed by atoms with Crippen molar-refractivity contribution >= 4 is 17.7 Å². The topological polar surface area (TPSA) is 93.5 Å². The molecule has 160 valence electrons. The van der Waals surface area contributed by atoms with E-state index in [0.29, 0.717) is 24.3 Å². The molecule has 1 aromatic heterocycles. The zero-order chi connectivity index (χ0) is 21.4. The molecule has 2 aliphatic rings. The molecule has 4 rings (SSSR count). The Morgan fingerprint density at radius 1 is 1.27 bits per heavy atom. The number of hydrogen-bond donors (Lipinski definition) is 2. The molecule has 2 amide bonds. The van der Waals surface area contributed by atoms with Gasteiger partial charge in [-0.25, -0.2) is 18.6 Å². The summed E-state index contributed by atoms with van der Waals surface area (Å²) in [6.45, 7) is 1.84. The minimum Gasteiger partial charge on any atom is -0.445 e. The first-order chi connectivity index (χ1) is 14.2. The molecule has 2 aromatic rings. The number of carbonyl (C=O) groups is 2. The van der Waals surface area contributed by atoms with Crippen molar-refractivity contribution in [2.45, 2.75) is 51.2 Å². The van der Waals surface area contributed by atoms with Gasteiger partial charge >= 0.3 is 6.09 Å². The SMILES string of the molecule is CC(NC(=O)C1CC2(C1)CC(F)(F)C2)c1ccc(NC(=O)OCc2cnco2)cc1. The predicted molar refractivity (Wildman–Crippen MR) is 103 cm³/mol. The van der Waals surface area contributed by atoms with Gasteiger partial charge in [0.2, 0.25) is 11.8 Å². The Balaban J connectivity index is 1.21. The van der Waals surface area contributed by atoms with E-state index in [4.69, 9.17) is 9.15 Å². The third-order valence-corrected chi connectivity index (χ3v) is 5.84. The lowest BCUT2D eigenvalue weighted by molar-refractivity contribution is -0.207. The quantitative estimate of drug-likeness (QED) is 0.723. The Morgan fingerprint density at radius 3 is 2.57 bits per heavy atom. The molecule has 0 bridgehead atoms. The molecule has 2 fully saturated rings. The highest BCUT2D eigenvalue weighted by molar-refractivity contribution is 5.84. The van der Waals surface area contributed by atoms with Crippen LogP contribution in [-0.4, -0.2) is 22.9 Å². The van der Waals surface area contributed by atoms with Crippen LogP contribution >= 0.6 is 0 Å². The van der Waals surface area contributed by atoms with E-state index in [0.717, 1.165) is 5.56 Å². The Morgan fingerprint density at radius 2 is 1.97 bits per heavy atom. The molecule has 1 atom stereocenters. The van der Waals surface area contributed by atoms with Crippen molar-refractivity contribution in [1.29, 1.82) is 0 Å². The van der Waals surface area contributed by atoms with Crippen molar-refractivity contribution in [3.8, 4) is 0 Å². The molecular weight excluding hydrogens is 396 g/mol. The van der Waals surface area contributed by atoms with Crippen LogP contribution in [0.25, 0.3) is 0 Å². The number of carbonyl (C=O) groups excluding carboxylic acids is 2. The maximum Gasteiger partial charge on any atom is 0.412 e. The molecule has 9 heteroatoms. The number of aromatic nitrogens is 1. The number of benzene rings is 1. The van der Waals surface area contributed by atoms with Gasteiger partial charge in [0.1, 0.15) is 0 Å².